The van der Waals surface area contributed by atoms with Crippen molar-refractivity contribution >= 4 is 12.0 Å². The Balaban J connectivity index is 2.11. The number of nitrogens with one attached hydrogen (secondary N) is 2. The van der Waals surface area contributed by atoms with Crippen LogP contribution in [0.4, 0.5) is 4.79 Å². The van der Waals surface area contributed by atoms with Crippen LogP contribution in [0, 0.1) is 5.92 Å². The molecule has 0 aromatic rings. The summed E-state index contributed by atoms with van der Waals surface area (Å²) in [5.74, 6) is -0.890. The Labute approximate surface area is 106 Å². The predicted octanol–water partition coefficient (Wildman–Crippen LogP) is -0.452. The lowest BCUT2D eigenvalue weighted by Gasteiger charge is -2.18. The van der Waals surface area contributed by atoms with Crippen LogP contribution in [0.15, 0.2) is 0 Å². The van der Waals surface area contributed by atoms with Gasteiger partial charge in [0, 0.05) is 19.8 Å². The molecule has 0 bridgehead atoms. The van der Waals surface area contributed by atoms with Crippen molar-refractivity contribution in [3.63, 3.8) is 0 Å². The SMILES string of the molecule is CC(O)(CNC(=O)NCCC1CCOC1)C(=O)O. The Hall–Kier alpha value is -1.34. The van der Waals surface area contributed by atoms with Crippen LogP contribution in [0.1, 0.15) is 19.8 Å². The first-order valence-corrected chi connectivity index (χ1v) is 5.97. The van der Waals surface area contributed by atoms with Gasteiger partial charge in [-0.05, 0) is 25.7 Å². The Kier molecular flexibility index (Phi) is 5.36. The zero-order valence-electron chi connectivity index (χ0n) is 10.4. The van der Waals surface area contributed by atoms with Crippen molar-refractivity contribution in [2.24, 2.45) is 5.92 Å². The maximum Gasteiger partial charge on any atom is 0.337 e. The van der Waals surface area contributed by atoms with Gasteiger partial charge in [0.2, 0.25) is 0 Å². The monoisotopic (exact) mass is 260 g/mol. The van der Waals surface area contributed by atoms with Crippen LogP contribution in [-0.4, -0.2) is 54.1 Å². The minimum absolute atomic E-state index is 0.333. The largest absolute Gasteiger partial charge is 0.479 e. The molecule has 0 aromatic heterocycles. The lowest BCUT2D eigenvalue weighted by molar-refractivity contribution is -0.155. The van der Waals surface area contributed by atoms with Crippen LogP contribution in [0.25, 0.3) is 0 Å². The molecule has 0 aromatic carbocycles. The maximum absolute atomic E-state index is 11.3. The molecule has 0 aliphatic carbocycles. The number of carboxylic acids is 1. The highest BCUT2D eigenvalue weighted by atomic mass is 16.5. The number of ether oxygens (including phenoxy) is 1. The van der Waals surface area contributed by atoms with Crippen LogP contribution in [0.2, 0.25) is 0 Å². The molecule has 1 heterocycles. The molecule has 2 atom stereocenters. The summed E-state index contributed by atoms with van der Waals surface area (Å²) >= 11 is 0. The quantitative estimate of drug-likeness (QED) is 0.517. The number of rotatable bonds is 6. The second kappa shape index (κ2) is 6.55. The van der Waals surface area contributed by atoms with Gasteiger partial charge in [-0.15, -0.1) is 0 Å². The molecule has 1 aliphatic rings. The molecule has 1 aliphatic heterocycles. The standard InChI is InChI=1S/C11H20N2O5/c1-11(17,9(14)15)7-13-10(16)12-4-2-8-3-5-18-6-8/h8,17H,2-7H2,1H3,(H,14,15)(H2,12,13,16). The topological polar surface area (TPSA) is 108 Å². The first-order valence-electron chi connectivity index (χ1n) is 5.97. The van der Waals surface area contributed by atoms with Crippen molar-refractivity contribution in [1.29, 1.82) is 0 Å². The summed E-state index contributed by atoms with van der Waals surface area (Å²) in [6, 6.07) is -0.476. The molecular formula is C11H20N2O5. The molecule has 0 radical (unpaired) electrons. The van der Waals surface area contributed by atoms with Crippen LogP contribution in [0.3, 0.4) is 0 Å². The molecule has 1 fully saturated rings. The van der Waals surface area contributed by atoms with Crippen molar-refractivity contribution in [3.8, 4) is 0 Å². The van der Waals surface area contributed by atoms with E-state index in [4.69, 9.17) is 9.84 Å². The van der Waals surface area contributed by atoms with Gasteiger partial charge in [-0.25, -0.2) is 9.59 Å². The summed E-state index contributed by atoms with van der Waals surface area (Å²) < 4.78 is 5.21. The number of aliphatic hydroxyl groups is 1. The van der Waals surface area contributed by atoms with E-state index in [2.05, 4.69) is 10.6 Å². The molecular weight excluding hydrogens is 240 g/mol. The molecule has 2 amide bonds. The van der Waals surface area contributed by atoms with Gasteiger partial charge in [0.05, 0.1) is 6.54 Å². The van der Waals surface area contributed by atoms with E-state index < -0.39 is 17.6 Å². The van der Waals surface area contributed by atoms with Gasteiger partial charge in [0.25, 0.3) is 0 Å². The predicted molar refractivity (Wildman–Crippen MR) is 63.2 cm³/mol. The van der Waals surface area contributed by atoms with E-state index in [-0.39, 0.29) is 6.54 Å². The van der Waals surface area contributed by atoms with E-state index in [1.165, 1.54) is 0 Å². The highest BCUT2D eigenvalue weighted by molar-refractivity contribution is 5.79. The Morgan fingerprint density at radius 2 is 2.17 bits per heavy atom. The minimum atomic E-state index is -1.95. The normalized spacial score (nSPS) is 22.2. The van der Waals surface area contributed by atoms with Gasteiger partial charge in [0.1, 0.15) is 0 Å². The number of carbonyl (C=O) groups is 2. The molecule has 2 unspecified atom stereocenters. The van der Waals surface area contributed by atoms with E-state index in [1.807, 2.05) is 0 Å². The molecule has 4 N–H and O–H groups in total. The zero-order valence-corrected chi connectivity index (χ0v) is 10.4. The zero-order chi connectivity index (χ0) is 13.6. The van der Waals surface area contributed by atoms with Crippen molar-refractivity contribution in [2.75, 3.05) is 26.3 Å². The van der Waals surface area contributed by atoms with E-state index in [9.17, 15) is 14.7 Å². The highest BCUT2D eigenvalue weighted by Crippen LogP contribution is 2.14. The number of aliphatic carboxylic acids is 1. The van der Waals surface area contributed by atoms with E-state index in [1.54, 1.807) is 0 Å². The fourth-order valence-electron chi connectivity index (χ4n) is 1.59. The van der Waals surface area contributed by atoms with Crippen LogP contribution in [-0.2, 0) is 9.53 Å². The molecule has 7 nitrogen and oxygen atoms in total. The smallest absolute Gasteiger partial charge is 0.337 e. The fraction of sp³-hybridized carbons (Fsp3) is 0.818. The van der Waals surface area contributed by atoms with Gasteiger partial charge in [0.15, 0.2) is 5.60 Å². The second-order valence-corrected chi connectivity index (χ2v) is 4.71. The van der Waals surface area contributed by atoms with Crippen molar-refractivity contribution < 1.29 is 24.5 Å². The van der Waals surface area contributed by atoms with Gasteiger partial charge in [-0.2, -0.15) is 0 Å². The van der Waals surface area contributed by atoms with Crippen LogP contribution in [0.5, 0.6) is 0 Å². The third kappa shape index (κ3) is 4.89. The van der Waals surface area contributed by atoms with E-state index in [0.717, 1.165) is 33.0 Å². The first kappa shape index (κ1) is 14.7. The number of hydrogen-bond donors (Lipinski definition) is 4. The number of urea groups is 1. The van der Waals surface area contributed by atoms with Gasteiger partial charge in [-0.3, -0.25) is 0 Å². The molecule has 18 heavy (non-hydrogen) atoms. The van der Waals surface area contributed by atoms with E-state index >= 15 is 0 Å². The summed E-state index contributed by atoms with van der Waals surface area (Å²) in [5.41, 5.74) is -1.95. The molecule has 0 saturated carbocycles. The number of amides is 2. The van der Waals surface area contributed by atoms with E-state index in [0.29, 0.717) is 12.5 Å². The second-order valence-electron chi connectivity index (χ2n) is 4.71. The summed E-state index contributed by atoms with van der Waals surface area (Å²) in [7, 11) is 0. The summed E-state index contributed by atoms with van der Waals surface area (Å²) in [5, 5.41) is 22.9. The van der Waals surface area contributed by atoms with Crippen LogP contribution < -0.4 is 10.6 Å². The average Bonchev–Trinajstić information content (AvgIpc) is 2.79. The molecule has 1 rings (SSSR count). The first-order chi connectivity index (χ1) is 8.42. The fourth-order valence-corrected chi connectivity index (χ4v) is 1.59. The third-order valence-electron chi connectivity index (χ3n) is 2.92. The maximum atomic E-state index is 11.3. The Morgan fingerprint density at radius 3 is 2.72 bits per heavy atom. The van der Waals surface area contributed by atoms with Gasteiger partial charge in [-0.1, -0.05) is 0 Å². The number of carboxylic acid groups (broad SMARTS) is 1. The van der Waals surface area contributed by atoms with Gasteiger partial charge < -0.3 is 25.6 Å². The summed E-state index contributed by atoms with van der Waals surface area (Å²) in [6.45, 7) is 2.82. The number of carbonyl (C=O) groups excluding carboxylic acids is 1. The van der Waals surface area contributed by atoms with Crippen molar-refractivity contribution in [2.45, 2.75) is 25.4 Å². The average molecular weight is 260 g/mol. The molecule has 1 saturated heterocycles. The lowest BCUT2D eigenvalue weighted by atomic mass is 10.1. The Morgan fingerprint density at radius 1 is 1.44 bits per heavy atom. The number of hydrogen-bond acceptors (Lipinski definition) is 4. The third-order valence-corrected chi connectivity index (χ3v) is 2.92. The van der Waals surface area contributed by atoms with Crippen LogP contribution >= 0.6 is 0 Å². The molecule has 0 spiro atoms. The summed E-state index contributed by atoms with van der Waals surface area (Å²) in [6.07, 6.45) is 1.85. The van der Waals surface area contributed by atoms with Crippen molar-refractivity contribution in [3.05, 3.63) is 0 Å². The van der Waals surface area contributed by atoms with Gasteiger partial charge >= 0.3 is 12.0 Å². The summed E-state index contributed by atoms with van der Waals surface area (Å²) in [4.78, 5) is 21.9. The Bertz CT molecular complexity index is 300. The lowest BCUT2D eigenvalue weighted by Crippen LogP contribution is -2.49. The van der Waals surface area contributed by atoms with Crippen molar-refractivity contribution in [1.82, 2.24) is 10.6 Å². The molecule has 7 heteroatoms. The molecule has 104 valence electrons. The minimum Gasteiger partial charge on any atom is -0.479 e. The highest BCUT2D eigenvalue weighted by Gasteiger charge is 2.30.